The molecule has 0 aliphatic carbocycles. The Hall–Kier alpha value is -3.35. The molecule has 2 aromatic carbocycles. The van der Waals surface area contributed by atoms with E-state index in [0.29, 0.717) is 12.2 Å². The number of pyridine rings is 1. The normalized spacial score (nSPS) is 11.1. The predicted molar refractivity (Wildman–Crippen MR) is 101 cm³/mol. The Kier molecular flexibility index (Phi) is 5.63. The molecule has 0 atom stereocenters. The summed E-state index contributed by atoms with van der Waals surface area (Å²) in [4.78, 5) is 16.3. The molecular formula is C21H18F3N3O. The van der Waals surface area contributed by atoms with Crippen LogP contribution in [0.2, 0.25) is 0 Å². The van der Waals surface area contributed by atoms with Crippen LogP contribution in [0.5, 0.6) is 0 Å². The predicted octanol–water partition coefficient (Wildman–Crippen LogP) is 5.08. The minimum absolute atomic E-state index is 0.103. The molecule has 7 heteroatoms. The van der Waals surface area contributed by atoms with Crippen LogP contribution in [0.3, 0.4) is 0 Å². The summed E-state index contributed by atoms with van der Waals surface area (Å²) < 4.78 is 39.4. The average Bonchev–Trinajstić information content (AvgIpc) is 2.66. The lowest BCUT2D eigenvalue weighted by Crippen LogP contribution is -2.23. The smallest absolute Gasteiger partial charge is 0.354 e. The first-order valence-corrected chi connectivity index (χ1v) is 8.55. The molecule has 0 radical (unpaired) electrons. The van der Waals surface area contributed by atoms with E-state index in [4.69, 9.17) is 0 Å². The zero-order valence-electron chi connectivity index (χ0n) is 15.0. The topological polar surface area (TPSA) is 54.0 Å². The van der Waals surface area contributed by atoms with Gasteiger partial charge in [-0.1, -0.05) is 42.0 Å². The average molecular weight is 385 g/mol. The molecule has 1 aromatic heterocycles. The molecule has 1 heterocycles. The van der Waals surface area contributed by atoms with Gasteiger partial charge in [-0.25, -0.2) is 0 Å². The number of amides is 1. The molecular weight excluding hydrogens is 367 g/mol. The van der Waals surface area contributed by atoms with E-state index in [1.807, 2.05) is 31.2 Å². The number of benzene rings is 2. The van der Waals surface area contributed by atoms with Crippen LogP contribution in [0.1, 0.15) is 27.0 Å². The number of hydrogen-bond donors (Lipinski definition) is 2. The van der Waals surface area contributed by atoms with Gasteiger partial charge in [-0.05, 0) is 30.7 Å². The molecule has 144 valence electrons. The number of para-hydroxylation sites is 1. The number of nitrogens with one attached hydrogen (secondary N) is 2. The third kappa shape index (κ3) is 4.88. The van der Waals surface area contributed by atoms with Crippen LogP contribution in [0.4, 0.5) is 24.5 Å². The van der Waals surface area contributed by atoms with Crippen molar-refractivity contribution in [3.8, 4) is 0 Å². The Morgan fingerprint density at radius 1 is 1.04 bits per heavy atom. The summed E-state index contributed by atoms with van der Waals surface area (Å²) >= 11 is 0. The van der Waals surface area contributed by atoms with Crippen LogP contribution in [-0.4, -0.2) is 10.9 Å². The minimum atomic E-state index is -4.49. The SMILES string of the molecule is Cc1cccc(CNC(=O)c2cncc(Nc3ccccc3C(F)(F)F)c2)c1. The number of rotatable bonds is 5. The third-order valence-corrected chi connectivity index (χ3v) is 4.05. The fourth-order valence-electron chi connectivity index (χ4n) is 2.73. The Labute approximate surface area is 160 Å². The molecule has 0 aliphatic rings. The summed E-state index contributed by atoms with van der Waals surface area (Å²) in [5.41, 5.74) is 1.69. The minimum Gasteiger partial charge on any atom is -0.354 e. The van der Waals surface area contributed by atoms with Gasteiger partial charge in [0.1, 0.15) is 0 Å². The summed E-state index contributed by atoms with van der Waals surface area (Å²) in [7, 11) is 0. The fourth-order valence-corrected chi connectivity index (χ4v) is 2.73. The highest BCUT2D eigenvalue weighted by atomic mass is 19.4. The van der Waals surface area contributed by atoms with E-state index >= 15 is 0 Å². The zero-order chi connectivity index (χ0) is 20.1. The molecule has 0 saturated carbocycles. The first kappa shape index (κ1) is 19.4. The number of nitrogens with zero attached hydrogens (tertiary/aromatic N) is 1. The van der Waals surface area contributed by atoms with Crippen LogP contribution >= 0.6 is 0 Å². The van der Waals surface area contributed by atoms with Gasteiger partial charge in [-0.3, -0.25) is 9.78 Å². The summed E-state index contributed by atoms with van der Waals surface area (Å²) in [5.74, 6) is -0.359. The molecule has 0 unspecified atom stereocenters. The maximum atomic E-state index is 13.1. The second kappa shape index (κ2) is 8.12. The van der Waals surface area contributed by atoms with Gasteiger partial charge < -0.3 is 10.6 Å². The number of aryl methyl sites for hydroxylation is 1. The quantitative estimate of drug-likeness (QED) is 0.644. The summed E-state index contributed by atoms with van der Waals surface area (Å²) in [5, 5.41) is 5.48. The third-order valence-electron chi connectivity index (χ3n) is 4.05. The lowest BCUT2D eigenvalue weighted by Gasteiger charge is -2.14. The van der Waals surface area contributed by atoms with E-state index in [0.717, 1.165) is 17.2 Å². The van der Waals surface area contributed by atoms with Gasteiger partial charge in [0.25, 0.3) is 5.91 Å². The molecule has 1 amide bonds. The fraction of sp³-hybridized carbons (Fsp3) is 0.143. The Balaban J connectivity index is 1.73. The Bertz CT molecular complexity index is 986. The first-order valence-electron chi connectivity index (χ1n) is 8.55. The number of carbonyl (C=O) groups excluding carboxylic acids is 1. The van der Waals surface area contributed by atoms with Gasteiger partial charge >= 0.3 is 6.18 Å². The maximum Gasteiger partial charge on any atom is 0.418 e. The van der Waals surface area contributed by atoms with E-state index < -0.39 is 11.7 Å². The van der Waals surface area contributed by atoms with Crippen molar-refractivity contribution >= 4 is 17.3 Å². The maximum absolute atomic E-state index is 13.1. The number of halogens is 3. The first-order chi connectivity index (χ1) is 13.3. The van der Waals surface area contributed by atoms with Gasteiger partial charge in [-0.15, -0.1) is 0 Å². The molecule has 3 rings (SSSR count). The Morgan fingerprint density at radius 2 is 1.82 bits per heavy atom. The molecule has 28 heavy (non-hydrogen) atoms. The van der Waals surface area contributed by atoms with E-state index in [9.17, 15) is 18.0 Å². The van der Waals surface area contributed by atoms with Gasteiger partial charge in [0.2, 0.25) is 0 Å². The lowest BCUT2D eigenvalue weighted by molar-refractivity contribution is -0.136. The van der Waals surface area contributed by atoms with Gasteiger partial charge in [-0.2, -0.15) is 13.2 Å². The number of carbonyl (C=O) groups is 1. The van der Waals surface area contributed by atoms with Crippen molar-refractivity contribution in [2.24, 2.45) is 0 Å². The molecule has 0 spiro atoms. The van der Waals surface area contributed by atoms with Crippen LogP contribution in [0, 0.1) is 6.92 Å². The summed E-state index contributed by atoms with van der Waals surface area (Å²) in [6, 6.07) is 14.3. The van der Waals surface area contributed by atoms with E-state index in [-0.39, 0.29) is 17.2 Å². The molecule has 3 aromatic rings. The van der Waals surface area contributed by atoms with Gasteiger partial charge in [0.05, 0.1) is 28.7 Å². The Morgan fingerprint density at radius 3 is 2.57 bits per heavy atom. The van der Waals surface area contributed by atoms with Crippen LogP contribution in [0.25, 0.3) is 0 Å². The number of alkyl halides is 3. The second-order valence-electron chi connectivity index (χ2n) is 6.30. The molecule has 0 aliphatic heterocycles. The molecule has 0 fully saturated rings. The lowest BCUT2D eigenvalue weighted by atomic mass is 10.1. The van der Waals surface area contributed by atoms with E-state index in [1.165, 1.54) is 36.7 Å². The number of hydrogen-bond acceptors (Lipinski definition) is 3. The molecule has 0 bridgehead atoms. The van der Waals surface area contributed by atoms with Crippen LogP contribution in [0.15, 0.2) is 67.0 Å². The van der Waals surface area contributed by atoms with Crippen molar-refractivity contribution in [2.75, 3.05) is 5.32 Å². The molecule has 2 N–H and O–H groups in total. The van der Waals surface area contributed by atoms with Crippen molar-refractivity contribution in [1.29, 1.82) is 0 Å². The van der Waals surface area contributed by atoms with Gasteiger partial charge in [0.15, 0.2) is 0 Å². The summed E-state index contributed by atoms with van der Waals surface area (Å²) in [6.45, 7) is 2.30. The summed E-state index contributed by atoms with van der Waals surface area (Å²) in [6.07, 6.45) is -1.75. The highest BCUT2D eigenvalue weighted by molar-refractivity contribution is 5.94. The van der Waals surface area contributed by atoms with E-state index in [1.54, 1.807) is 0 Å². The number of anilines is 2. The van der Waals surface area contributed by atoms with Gasteiger partial charge in [0, 0.05) is 12.7 Å². The van der Waals surface area contributed by atoms with E-state index in [2.05, 4.69) is 15.6 Å². The second-order valence-corrected chi connectivity index (χ2v) is 6.30. The molecule has 0 saturated heterocycles. The van der Waals surface area contributed by atoms with Crippen LogP contribution < -0.4 is 10.6 Å². The van der Waals surface area contributed by atoms with Crippen molar-refractivity contribution in [3.05, 3.63) is 89.2 Å². The molecule has 4 nitrogen and oxygen atoms in total. The number of aromatic nitrogens is 1. The largest absolute Gasteiger partial charge is 0.418 e. The zero-order valence-corrected chi connectivity index (χ0v) is 15.0. The van der Waals surface area contributed by atoms with Crippen LogP contribution in [-0.2, 0) is 12.7 Å². The van der Waals surface area contributed by atoms with Crippen molar-refractivity contribution in [2.45, 2.75) is 19.6 Å². The highest BCUT2D eigenvalue weighted by Crippen LogP contribution is 2.35. The standard InChI is InChI=1S/C21H18F3N3O/c1-14-5-4-6-15(9-14)11-26-20(28)16-10-17(13-25-12-16)27-19-8-3-2-7-18(19)21(22,23)24/h2-10,12-13,27H,11H2,1H3,(H,26,28). The van der Waals surface area contributed by atoms with Crippen molar-refractivity contribution in [3.63, 3.8) is 0 Å². The van der Waals surface area contributed by atoms with Crippen molar-refractivity contribution < 1.29 is 18.0 Å². The highest BCUT2D eigenvalue weighted by Gasteiger charge is 2.33. The van der Waals surface area contributed by atoms with Crippen molar-refractivity contribution in [1.82, 2.24) is 10.3 Å². The monoisotopic (exact) mass is 385 g/mol.